The number of nitrogen functional groups attached to an aromatic ring is 1. The van der Waals surface area contributed by atoms with Crippen LogP contribution in [0.1, 0.15) is 5.89 Å². The fourth-order valence-electron chi connectivity index (χ4n) is 1.61. The van der Waals surface area contributed by atoms with E-state index < -0.39 is 0 Å². The lowest BCUT2D eigenvalue weighted by molar-refractivity contribution is 0.529. The maximum atomic E-state index is 13.2. The molecule has 0 bridgehead atoms. The number of nitrogens with zero attached hydrogens (tertiary/aromatic N) is 2. The Morgan fingerprint density at radius 1 is 1.29 bits per heavy atom. The molecule has 0 aliphatic rings. The molecule has 4 nitrogen and oxygen atoms in total. The van der Waals surface area contributed by atoms with Gasteiger partial charge in [-0.25, -0.2) is 4.39 Å². The van der Waals surface area contributed by atoms with Crippen LogP contribution in [0.3, 0.4) is 0 Å². The molecule has 0 spiro atoms. The second-order valence-electron chi connectivity index (χ2n) is 4.08. The number of benzene rings is 1. The maximum absolute atomic E-state index is 13.2. The second-order valence-corrected chi connectivity index (χ2v) is 7.56. The van der Waals surface area contributed by atoms with Crippen LogP contribution in [0, 0.1) is 5.82 Å². The van der Waals surface area contributed by atoms with Gasteiger partial charge in [-0.3, -0.25) is 0 Å². The van der Waals surface area contributed by atoms with E-state index in [2.05, 4.69) is 26.1 Å². The summed E-state index contributed by atoms with van der Waals surface area (Å²) in [5, 5.41) is 7.99. The largest absolute Gasteiger partial charge is 0.419 e. The number of thioether (sulfide) groups is 1. The topological polar surface area (TPSA) is 64.9 Å². The molecule has 0 amide bonds. The Kier molecular flexibility index (Phi) is 4.27. The molecule has 0 atom stereocenters. The van der Waals surface area contributed by atoms with E-state index in [1.165, 1.54) is 35.2 Å². The first-order valence-corrected chi connectivity index (χ1v) is 8.47. The molecule has 21 heavy (non-hydrogen) atoms. The number of halogens is 2. The molecule has 1 aromatic carbocycles. The molecule has 0 saturated heterocycles. The van der Waals surface area contributed by atoms with Crippen molar-refractivity contribution >= 4 is 44.7 Å². The summed E-state index contributed by atoms with van der Waals surface area (Å²) in [7, 11) is 0. The summed E-state index contributed by atoms with van der Waals surface area (Å²) in [4.78, 5) is 1.56. The van der Waals surface area contributed by atoms with Crippen LogP contribution in [0.5, 0.6) is 0 Å². The van der Waals surface area contributed by atoms with Gasteiger partial charge in [-0.1, -0.05) is 0 Å². The van der Waals surface area contributed by atoms with Gasteiger partial charge in [0.25, 0.3) is 5.89 Å². The van der Waals surface area contributed by atoms with Crippen LogP contribution in [0.25, 0.3) is 10.8 Å². The highest BCUT2D eigenvalue weighted by Crippen LogP contribution is 2.32. The molecule has 0 unspecified atom stereocenters. The Bertz CT molecular complexity index is 774. The smallest absolute Gasteiger partial charge is 0.257 e. The predicted octanol–water partition coefficient (Wildman–Crippen LogP) is 4.57. The van der Waals surface area contributed by atoms with Gasteiger partial charge in [0.15, 0.2) is 0 Å². The monoisotopic (exact) mass is 385 g/mol. The van der Waals surface area contributed by atoms with Crippen molar-refractivity contribution in [3.63, 3.8) is 0 Å². The molecular formula is C13H9BrFN3OS2. The van der Waals surface area contributed by atoms with E-state index in [1.807, 2.05) is 12.1 Å². The van der Waals surface area contributed by atoms with Crippen molar-refractivity contribution < 1.29 is 8.81 Å². The summed E-state index contributed by atoms with van der Waals surface area (Å²) in [6.45, 7) is 0. The van der Waals surface area contributed by atoms with Crippen molar-refractivity contribution in [1.29, 1.82) is 0 Å². The predicted molar refractivity (Wildman–Crippen MR) is 85.7 cm³/mol. The standard InChI is InChI=1S/C13H9BrFN3OS2/c14-11-4-3-9(21-11)13-18-17-12(19-13)6-20-10-5-7(15)1-2-8(10)16/h1-5H,6,16H2. The highest BCUT2D eigenvalue weighted by atomic mass is 79.9. The van der Waals surface area contributed by atoms with E-state index in [0.717, 1.165) is 8.66 Å². The number of nitrogens with two attached hydrogens (primary N) is 1. The Balaban J connectivity index is 1.71. The summed E-state index contributed by atoms with van der Waals surface area (Å²) in [5.41, 5.74) is 6.33. The number of thiophene rings is 1. The van der Waals surface area contributed by atoms with Gasteiger partial charge in [0.1, 0.15) is 5.82 Å². The summed E-state index contributed by atoms with van der Waals surface area (Å²) in [5.74, 6) is 1.07. The van der Waals surface area contributed by atoms with E-state index in [1.54, 1.807) is 6.07 Å². The molecule has 0 aliphatic carbocycles. The van der Waals surface area contributed by atoms with Crippen molar-refractivity contribution in [2.45, 2.75) is 10.6 Å². The quantitative estimate of drug-likeness (QED) is 0.526. The second kappa shape index (κ2) is 6.17. The fraction of sp³-hybridized carbons (Fsp3) is 0.0769. The zero-order valence-corrected chi connectivity index (χ0v) is 13.8. The summed E-state index contributed by atoms with van der Waals surface area (Å²) in [6.07, 6.45) is 0. The van der Waals surface area contributed by atoms with E-state index in [4.69, 9.17) is 10.2 Å². The Morgan fingerprint density at radius 2 is 2.14 bits per heavy atom. The average molecular weight is 386 g/mol. The van der Waals surface area contributed by atoms with Crippen molar-refractivity contribution in [2.75, 3.05) is 5.73 Å². The highest BCUT2D eigenvalue weighted by Gasteiger charge is 2.11. The third-order valence-corrected chi connectivity index (χ3v) is 5.25. The van der Waals surface area contributed by atoms with Crippen molar-refractivity contribution in [2.24, 2.45) is 0 Å². The molecule has 0 aliphatic heterocycles. The number of hydrogen-bond donors (Lipinski definition) is 1. The molecule has 0 fully saturated rings. The molecule has 2 heterocycles. The van der Waals surface area contributed by atoms with Crippen LogP contribution >= 0.6 is 39.0 Å². The molecule has 2 N–H and O–H groups in total. The van der Waals surface area contributed by atoms with Crippen LogP contribution in [-0.2, 0) is 5.75 Å². The van der Waals surface area contributed by atoms with Crippen LogP contribution < -0.4 is 5.73 Å². The van der Waals surface area contributed by atoms with E-state index >= 15 is 0 Å². The molecular weight excluding hydrogens is 377 g/mol. The van der Waals surface area contributed by atoms with Gasteiger partial charge in [-0.2, -0.15) is 0 Å². The first-order chi connectivity index (χ1) is 10.1. The van der Waals surface area contributed by atoms with Crippen molar-refractivity contribution in [3.05, 3.63) is 45.8 Å². The highest BCUT2D eigenvalue weighted by molar-refractivity contribution is 9.11. The molecule has 0 radical (unpaired) electrons. The van der Waals surface area contributed by atoms with E-state index in [-0.39, 0.29) is 5.82 Å². The Labute approximate surface area is 136 Å². The van der Waals surface area contributed by atoms with Gasteiger partial charge < -0.3 is 10.2 Å². The van der Waals surface area contributed by atoms with Crippen molar-refractivity contribution in [3.8, 4) is 10.8 Å². The van der Waals surface area contributed by atoms with Crippen LogP contribution in [0.4, 0.5) is 10.1 Å². The first-order valence-electron chi connectivity index (χ1n) is 5.88. The summed E-state index contributed by atoms with van der Waals surface area (Å²) in [6, 6.07) is 8.10. The molecule has 3 aromatic rings. The molecule has 8 heteroatoms. The minimum atomic E-state index is -0.318. The van der Waals surface area contributed by atoms with Gasteiger partial charge in [-0.05, 0) is 46.3 Å². The molecule has 2 aromatic heterocycles. The molecule has 108 valence electrons. The summed E-state index contributed by atoms with van der Waals surface area (Å²) >= 11 is 6.27. The third-order valence-electron chi connectivity index (χ3n) is 2.58. The minimum Gasteiger partial charge on any atom is -0.419 e. The van der Waals surface area contributed by atoms with Crippen LogP contribution in [0.15, 0.2) is 43.4 Å². The SMILES string of the molecule is Nc1ccc(F)cc1SCc1nnc(-c2ccc(Br)s2)o1. The van der Waals surface area contributed by atoms with Crippen molar-refractivity contribution in [1.82, 2.24) is 10.2 Å². The zero-order valence-electron chi connectivity index (χ0n) is 10.5. The van der Waals surface area contributed by atoms with E-state index in [0.29, 0.717) is 28.1 Å². The van der Waals surface area contributed by atoms with Gasteiger partial charge in [0.05, 0.1) is 14.4 Å². The van der Waals surface area contributed by atoms with Crippen LogP contribution in [0.2, 0.25) is 0 Å². The van der Waals surface area contributed by atoms with Gasteiger partial charge in [0.2, 0.25) is 5.89 Å². The number of rotatable bonds is 4. The normalized spacial score (nSPS) is 11.0. The Morgan fingerprint density at radius 3 is 2.90 bits per heavy atom. The number of hydrogen-bond acceptors (Lipinski definition) is 6. The lowest BCUT2D eigenvalue weighted by Crippen LogP contribution is -1.90. The number of aromatic nitrogens is 2. The molecule has 0 saturated carbocycles. The van der Waals surface area contributed by atoms with Gasteiger partial charge in [0, 0.05) is 10.6 Å². The molecule has 3 rings (SSSR count). The van der Waals surface area contributed by atoms with Gasteiger partial charge in [-0.15, -0.1) is 33.3 Å². The third kappa shape index (κ3) is 3.45. The Hall–Kier alpha value is -1.38. The number of anilines is 1. The minimum absolute atomic E-state index is 0.318. The van der Waals surface area contributed by atoms with E-state index in [9.17, 15) is 4.39 Å². The first kappa shape index (κ1) is 14.6. The fourth-order valence-corrected chi connectivity index (χ4v) is 3.75. The lowest BCUT2D eigenvalue weighted by atomic mass is 10.3. The summed E-state index contributed by atoms with van der Waals surface area (Å²) < 4.78 is 19.8. The lowest BCUT2D eigenvalue weighted by Gasteiger charge is -2.03. The van der Waals surface area contributed by atoms with Gasteiger partial charge >= 0.3 is 0 Å². The van der Waals surface area contributed by atoms with Crippen LogP contribution in [-0.4, -0.2) is 10.2 Å². The maximum Gasteiger partial charge on any atom is 0.257 e. The zero-order chi connectivity index (χ0) is 14.8. The average Bonchev–Trinajstić information content (AvgIpc) is 3.08.